The first kappa shape index (κ1) is 23.2. The molecular formula is C35H21N5O. The Balaban J connectivity index is 1.49. The maximum atomic E-state index is 14.5. The van der Waals surface area contributed by atoms with Gasteiger partial charge in [0.05, 0.1) is 16.4 Å². The third kappa shape index (κ3) is 3.69. The van der Waals surface area contributed by atoms with E-state index in [9.17, 15) is 4.79 Å². The van der Waals surface area contributed by atoms with E-state index in [2.05, 4.69) is 6.07 Å². The summed E-state index contributed by atoms with van der Waals surface area (Å²) >= 11 is 0. The van der Waals surface area contributed by atoms with Crippen LogP contribution in [0.3, 0.4) is 0 Å². The molecule has 41 heavy (non-hydrogen) atoms. The Labute approximate surface area is 234 Å². The van der Waals surface area contributed by atoms with Gasteiger partial charge in [-0.3, -0.25) is 9.20 Å². The monoisotopic (exact) mass is 527 g/mol. The Hall–Kier alpha value is -5.75. The summed E-state index contributed by atoms with van der Waals surface area (Å²) in [5, 5.41) is 3.44. The van der Waals surface area contributed by atoms with Crippen LogP contribution in [0, 0.1) is 0 Å². The minimum Gasteiger partial charge on any atom is -0.268 e. The lowest BCUT2D eigenvalue weighted by Gasteiger charge is -2.13. The fourth-order valence-corrected chi connectivity index (χ4v) is 5.56. The molecule has 0 radical (unpaired) electrons. The summed E-state index contributed by atoms with van der Waals surface area (Å²) in [6, 6.07) is 41.3. The second-order valence-corrected chi connectivity index (χ2v) is 9.88. The number of pyridine rings is 1. The van der Waals surface area contributed by atoms with Gasteiger partial charge in [0.1, 0.15) is 5.65 Å². The Kier molecular flexibility index (Phi) is 5.18. The predicted octanol–water partition coefficient (Wildman–Crippen LogP) is 7.34. The minimum absolute atomic E-state index is 0.162. The molecule has 0 spiro atoms. The van der Waals surface area contributed by atoms with Gasteiger partial charge in [-0.15, -0.1) is 0 Å². The first-order valence-corrected chi connectivity index (χ1v) is 13.4. The largest absolute Gasteiger partial charge is 0.268 e. The highest BCUT2D eigenvalue weighted by Crippen LogP contribution is 2.31. The summed E-state index contributed by atoms with van der Waals surface area (Å²) in [5.41, 5.74) is 4.21. The van der Waals surface area contributed by atoms with E-state index in [1.165, 1.54) is 0 Å². The van der Waals surface area contributed by atoms with E-state index in [1.807, 2.05) is 121 Å². The number of benzene rings is 5. The molecule has 8 aromatic rings. The van der Waals surface area contributed by atoms with Gasteiger partial charge in [0.2, 0.25) is 0 Å². The van der Waals surface area contributed by atoms with Gasteiger partial charge in [0, 0.05) is 27.5 Å². The van der Waals surface area contributed by atoms with E-state index >= 15 is 0 Å². The van der Waals surface area contributed by atoms with Gasteiger partial charge in [0.25, 0.3) is 5.56 Å². The Morgan fingerprint density at radius 3 is 1.71 bits per heavy atom. The maximum absolute atomic E-state index is 14.5. The predicted molar refractivity (Wildman–Crippen MR) is 164 cm³/mol. The van der Waals surface area contributed by atoms with E-state index in [4.69, 9.17) is 19.9 Å². The van der Waals surface area contributed by atoms with Crippen molar-refractivity contribution in [2.24, 2.45) is 0 Å². The van der Waals surface area contributed by atoms with Crippen LogP contribution in [-0.2, 0) is 0 Å². The molecule has 6 heteroatoms. The van der Waals surface area contributed by atoms with Crippen LogP contribution in [0.2, 0.25) is 0 Å². The third-order valence-electron chi connectivity index (χ3n) is 7.44. The van der Waals surface area contributed by atoms with Gasteiger partial charge in [-0.2, -0.15) is 0 Å². The van der Waals surface area contributed by atoms with Crippen LogP contribution in [0.15, 0.2) is 132 Å². The minimum atomic E-state index is -0.162. The molecule has 0 N–H and O–H groups in total. The van der Waals surface area contributed by atoms with Crippen LogP contribution in [0.4, 0.5) is 0 Å². The van der Waals surface area contributed by atoms with Crippen LogP contribution in [0.1, 0.15) is 0 Å². The van der Waals surface area contributed by atoms with Crippen molar-refractivity contribution in [2.75, 3.05) is 0 Å². The topological polar surface area (TPSA) is 73.0 Å². The molecule has 6 nitrogen and oxygen atoms in total. The van der Waals surface area contributed by atoms with E-state index in [0.29, 0.717) is 39.6 Å². The second kappa shape index (κ2) is 9.17. The zero-order valence-electron chi connectivity index (χ0n) is 21.8. The zero-order chi connectivity index (χ0) is 27.3. The molecule has 0 fully saturated rings. The van der Waals surface area contributed by atoms with Gasteiger partial charge in [-0.05, 0) is 17.5 Å². The number of para-hydroxylation sites is 1. The summed E-state index contributed by atoms with van der Waals surface area (Å²) in [6.45, 7) is 0. The molecule has 192 valence electrons. The number of rotatable bonds is 3. The van der Waals surface area contributed by atoms with Crippen LogP contribution < -0.4 is 5.56 Å². The summed E-state index contributed by atoms with van der Waals surface area (Å²) < 4.78 is 1.72. The first-order valence-electron chi connectivity index (χ1n) is 13.4. The molecule has 3 heterocycles. The summed E-state index contributed by atoms with van der Waals surface area (Å²) in [6.07, 6.45) is 0. The van der Waals surface area contributed by atoms with Crippen molar-refractivity contribution in [1.29, 1.82) is 0 Å². The number of fused-ring (bicyclic) bond motifs is 7. The third-order valence-corrected chi connectivity index (χ3v) is 7.44. The van der Waals surface area contributed by atoms with Crippen LogP contribution in [-0.4, -0.2) is 24.3 Å². The van der Waals surface area contributed by atoms with Gasteiger partial charge in [-0.25, -0.2) is 19.9 Å². The molecule has 3 aromatic heterocycles. The molecule has 0 unspecified atom stereocenters. The molecule has 8 rings (SSSR count). The van der Waals surface area contributed by atoms with Crippen molar-refractivity contribution in [2.45, 2.75) is 0 Å². The summed E-state index contributed by atoms with van der Waals surface area (Å²) in [5.74, 6) is 1.50. The quantitative estimate of drug-likeness (QED) is 0.178. The molecular weight excluding hydrogens is 506 g/mol. The SMILES string of the molecule is O=c1c2c(-c3nc(-c4ccccc4)nc(-c4ccccc4)n3)cccc2nc2c3ccccc3c3ccccc3n12. The van der Waals surface area contributed by atoms with Crippen LogP contribution >= 0.6 is 0 Å². The summed E-state index contributed by atoms with van der Waals surface area (Å²) in [7, 11) is 0. The lowest BCUT2D eigenvalue weighted by molar-refractivity contribution is 1.07. The van der Waals surface area contributed by atoms with Crippen LogP contribution in [0.25, 0.3) is 72.4 Å². The molecule has 0 aliphatic rings. The molecule has 0 saturated carbocycles. The Morgan fingerprint density at radius 2 is 1.02 bits per heavy atom. The van der Waals surface area contributed by atoms with Gasteiger partial charge in [-0.1, -0.05) is 115 Å². The Bertz CT molecular complexity index is 2270. The van der Waals surface area contributed by atoms with Gasteiger partial charge < -0.3 is 0 Å². The molecule has 0 atom stereocenters. The smallest absolute Gasteiger partial charge is 0.267 e. The molecule has 0 aliphatic heterocycles. The van der Waals surface area contributed by atoms with Crippen LogP contribution in [0.5, 0.6) is 0 Å². The molecule has 0 bridgehead atoms. The highest BCUT2D eigenvalue weighted by Gasteiger charge is 2.19. The van der Waals surface area contributed by atoms with Crippen molar-refractivity contribution < 1.29 is 0 Å². The lowest BCUT2D eigenvalue weighted by Crippen LogP contribution is -2.17. The maximum Gasteiger partial charge on any atom is 0.267 e. The van der Waals surface area contributed by atoms with E-state index in [-0.39, 0.29) is 5.56 Å². The van der Waals surface area contributed by atoms with Crippen molar-refractivity contribution in [3.63, 3.8) is 0 Å². The van der Waals surface area contributed by atoms with Gasteiger partial charge in [0.15, 0.2) is 17.5 Å². The van der Waals surface area contributed by atoms with Crippen molar-refractivity contribution in [3.8, 4) is 34.2 Å². The Morgan fingerprint density at radius 1 is 0.463 bits per heavy atom. The number of hydrogen-bond donors (Lipinski definition) is 0. The number of hydrogen-bond acceptors (Lipinski definition) is 5. The fraction of sp³-hybridized carbons (Fsp3) is 0. The summed E-state index contributed by atoms with van der Waals surface area (Å²) in [4.78, 5) is 34.1. The van der Waals surface area contributed by atoms with E-state index in [0.717, 1.165) is 32.8 Å². The molecule has 0 saturated heterocycles. The van der Waals surface area contributed by atoms with Gasteiger partial charge >= 0.3 is 0 Å². The van der Waals surface area contributed by atoms with Crippen molar-refractivity contribution in [1.82, 2.24) is 24.3 Å². The first-order chi connectivity index (χ1) is 20.3. The lowest BCUT2D eigenvalue weighted by atomic mass is 10.0. The molecule has 5 aromatic carbocycles. The zero-order valence-corrected chi connectivity index (χ0v) is 21.8. The van der Waals surface area contributed by atoms with Crippen molar-refractivity contribution >= 4 is 38.2 Å². The highest BCUT2D eigenvalue weighted by molar-refractivity contribution is 6.12. The number of aromatic nitrogens is 5. The molecule has 0 amide bonds. The standard InChI is InChI=1S/C35H21N5O/c41-35-30-27(33-38-31(22-12-3-1-4-13-22)37-32(39-33)23-14-5-2-6-15-23)19-11-20-28(30)36-34-26-18-8-7-16-24(26)25-17-9-10-21-29(25)40(34)35/h1-21H. The average molecular weight is 528 g/mol. The molecule has 0 aliphatic carbocycles. The second-order valence-electron chi connectivity index (χ2n) is 9.88. The van der Waals surface area contributed by atoms with Crippen molar-refractivity contribution in [3.05, 3.63) is 138 Å². The number of nitrogens with zero attached hydrogens (tertiary/aromatic N) is 5. The highest BCUT2D eigenvalue weighted by atomic mass is 16.1. The van der Waals surface area contributed by atoms with E-state index in [1.54, 1.807) is 4.40 Å². The average Bonchev–Trinajstić information content (AvgIpc) is 3.05. The normalized spacial score (nSPS) is 11.5. The fourth-order valence-electron chi connectivity index (χ4n) is 5.56. The van der Waals surface area contributed by atoms with E-state index < -0.39 is 0 Å².